The van der Waals surface area contributed by atoms with Crippen LogP contribution in [0.25, 0.3) is 0 Å². The molecule has 0 aliphatic heterocycles. The third kappa shape index (κ3) is 3.18. The topological polar surface area (TPSA) is 47.1 Å². The molecule has 1 fully saturated rings. The zero-order chi connectivity index (χ0) is 13.8. The summed E-state index contributed by atoms with van der Waals surface area (Å²) in [6.07, 6.45) is 10.5. The predicted octanol–water partition coefficient (Wildman–Crippen LogP) is 2.32. The Morgan fingerprint density at radius 3 is 2.58 bits per heavy atom. The van der Waals surface area contributed by atoms with E-state index in [0.29, 0.717) is 12.6 Å². The molecule has 2 N–H and O–H groups in total. The molecule has 1 aliphatic carbocycles. The molecule has 108 valence electrons. The Labute approximate surface area is 117 Å². The van der Waals surface area contributed by atoms with Gasteiger partial charge in [-0.3, -0.25) is 4.90 Å². The number of nitrogens with zero attached hydrogens (tertiary/aromatic N) is 3. The molecule has 19 heavy (non-hydrogen) atoms. The Kier molecular flexibility index (Phi) is 4.99. The summed E-state index contributed by atoms with van der Waals surface area (Å²) in [7, 11) is 4.27. The lowest BCUT2D eigenvalue weighted by atomic mass is 9.83. The fourth-order valence-corrected chi connectivity index (χ4v) is 3.40. The Morgan fingerprint density at radius 2 is 2.11 bits per heavy atom. The molecule has 1 heterocycles. The lowest BCUT2D eigenvalue weighted by molar-refractivity contribution is 0.118. The average molecular weight is 264 g/mol. The van der Waals surface area contributed by atoms with E-state index in [1.54, 1.807) is 0 Å². The van der Waals surface area contributed by atoms with Gasteiger partial charge in [-0.2, -0.15) is 0 Å². The van der Waals surface area contributed by atoms with Crippen molar-refractivity contribution in [2.45, 2.75) is 51.1 Å². The maximum atomic E-state index is 6.01. The smallest absolute Gasteiger partial charge is 0.0946 e. The minimum absolute atomic E-state index is 0.288. The van der Waals surface area contributed by atoms with Gasteiger partial charge in [0.2, 0.25) is 0 Å². The van der Waals surface area contributed by atoms with Gasteiger partial charge >= 0.3 is 0 Å². The summed E-state index contributed by atoms with van der Waals surface area (Å²) in [5.74, 6) is 0.942. The van der Waals surface area contributed by atoms with Gasteiger partial charge in [0.15, 0.2) is 0 Å². The van der Waals surface area contributed by atoms with Crippen LogP contribution in [0.1, 0.15) is 50.8 Å². The van der Waals surface area contributed by atoms with E-state index in [1.807, 2.05) is 19.6 Å². The number of aromatic nitrogens is 2. The van der Waals surface area contributed by atoms with Crippen molar-refractivity contribution in [2.75, 3.05) is 13.6 Å². The fourth-order valence-electron chi connectivity index (χ4n) is 3.40. The highest BCUT2D eigenvalue weighted by molar-refractivity contribution is 5.06. The summed E-state index contributed by atoms with van der Waals surface area (Å²) in [5.41, 5.74) is 7.24. The van der Waals surface area contributed by atoms with Crippen LogP contribution in [0.3, 0.4) is 0 Å². The summed E-state index contributed by atoms with van der Waals surface area (Å²) >= 11 is 0. The van der Waals surface area contributed by atoms with Crippen molar-refractivity contribution in [3.63, 3.8) is 0 Å². The molecule has 1 atom stereocenters. The first-order valence-electron chi connectivity index (χ1n) is 7.55. The van der Waals surface area contributed by atoms with Gasteiger partial charge in [0.1, 0.15) is 0 Å². The minimum Gasteiger partial charge on any atom is -0.336 e. The zero-order valence-electron chi connectivity index (χ0n) is 12.5. The standard InChI is InChI=1S/C15H28N4/c1-4-12-5-7-13(8-6-12)19(3)14(9-16)15-10-17-11-18(15)2/h10-14H,4-9,16H2,1-3H3. The van der Waals surface area contributed by atoms with Crippen LogP contribution < -0.4 is 5.73 Å². The van der Waals surface area contributed by atoms with E-state index < -0.39 is 0 Å². The summed E-state index contributed by atoms with van der Waals surface area (Å²) in [5, 5.41) is 0. The zero-order valence-corrected chi connectivity index (χ0v) is 12.5. The van der Waals surface area contributed by atoms with E-state index in [1.165, 1.54) is 37.8 Å². The molecule has 0 bridgehead atoms. The maximum Gasteiger partial charge on any atom is 0.0946 e. The number of imidazole rings is 1. The highest BCUT2D eigenvalue weighted by Gasteiger charge is 2.28. The van der Waals surface area contributed by atoms with Crippen molar-refractivity contribution in [2.24, 2.45) is 18.7 Å². The van der Waals surface area contributed by atoms with E-state index >= 15 is 0 Å². The van der Waals surface area contributed by atoms with Gasteiger partial charge in [0.05, 0.1) is 18.1 Å². The number of rotatable bonds is 5. The average Bonchev–Trinajstić information content (AvgIpc) is 2.86. The van der Waals surface area contributed by atoms with E-state index in [4.69, 9.17) is 5.73 Å². The quantitative estimate of drug-likeness (QED) is 0.888. The van der Waals surface area contributed by atoms with E-state index in [9.17, 15) is 0 Å². The monoisotopic (exact) mass is 264 g/mol. The lowest BCUT2D eigenvalue weighted by Crippen LogP contribution is -2.41. The second-order valence-electron chi connectivity index (χ2n) is 5.93. The van der Waals surface area contributed by atoms with Crippen LogP contribution in [-0.2, 0) is 7.05 Å². The van der Waals surface area contributed by atoms with Crippen molar-refractivity contribution < 1.29 is 0 Å². The first-order valence-corrected chi connectivity index (χ1v) is 7.55. The molecule has 4 nitrogen and oxygen atoms in total. The van der Waals surface area contributed by atoms with Crippen molar-refractivity contribution in [1.29, 1.82) is 0 Å². The Bertz CT molecular complexity index is 379. The highest BCUT2D eigenvalue weighted by atomic mass is 15.2. The second-order valence-corrected chi connectivity index (χ2v) is 5.93. The van der Waals surface area contributed by atoms with Crippen molar-refractivity contribution in [3.8, 4) is 0 Å². The van der Waals surface area contributed by atoms with Crippen LogP contribution in [0.5, 0.6) is 0 Å². The van der Waals surface area contributed by atoms with Crippen molar-refractivity contribution >= 4 is 0 Å². The van der Waals surface area contributed by atoms with Crippen LogP contribution in [0.4, 0.5) is 0 Å². The highest BCUT2D eigenvalue weighted by Crippen LogP contribution is 2.32. The fraction of sp³-hybridized carbons (Fsp3) is 0.800. The van der Waals surface area contributed by atoms with Gasteiger partial charge < -0.3 is 10.3 Å². The van der Waals surface area contributed by atoms with Crippen LogP contribution in [0.2, 0.25) is 0 Å². The Balaban J connectivity index is 2.02. The molecule has 1 aliphatic rings. The van der Waals surface area contributed by atoms with Crippen LogP contribution in [0.15, 0.2) is 12.5 Å². The van der Waals surface area contributed by atoms with Crippen molar-refractivity contribution in [1.82, 2.24) is 14.5 Å². The van der Waals surface area contributed by atoms with Gasteiger partial charge in [-0.25, -0.2) is 4.98 Å². The third-order valence-corrected chi connectivity index (χ3v) is 4.88. The molecule has 2 rings (SSSR count). The predicted molar refractivity (Wildman–Crippen MR) is 78.8 cm³/mol. The van der Waals surface area contributed by atoms with Crippen LogP contribution in [0, 0.1) is 5.92 Å². The van der Waals surface area contributed by atoms with Gasteiger partial charge in [0, 0.05) is 25.8 Å². The molecule has 1 aromatic heterocycles. The molecule has 0 amide bonds. The molecule has 1 unspecified atom stereocenters. The molecule has 1 aromatic rings. The second kappa shape index (κ2) is 6.53. The summed E-state index contributed by atoms with van der Waals surface area (Å²) in [6.45, 7) is 2.97. The number of aryl methyl sites for hydroxylation is 1. The van der Waals surface area contributed by atoms with E-state index in [0.717, 1.165) is 5.92 Å². The number of likely N-dealkylation sites (N-methyl/N-ethyl adjacent to an activating group) is 1. The van der Waals surface area contributed by atoms with Crippen LogP contribution >= 0.6 is 0 Å². The lowest BCUT2D eigenvalue weighted by Gasteiger charge is -2.38. The van der Waals surface area contributed by atoms with Gasteiger partial charge in [-0.15, -0.1) is 0 Å². The maximum absolute atomic E-state index is 6.01. The van der Waals surface area contributed by atoms with Gasteiger partial charge in [0.25, 0.3) is 0 Å². The molecule has 0 spiro atoms. The van der Waals surface area contributed by atoms with E-state index in [2.05, 4.69) is 28.4 Å². The summed E-state index contributed by atoms with van der Waals surface area (Å²) < 4.78 is 2.09. The van der Waals surface area contributed by atoms with Crippen molar-refractivity contribution in [3.05, 3.63) is 18.2 Å². The largest absolute Gasteiger partial charge is 0.336 e. The first-order chi connectivity index (χ1) is 9.17. The van der Waals surface area contributed by atoms with Crippen LogP contribution in [-0.4, -0.2) is 34.1 Å². The molecule has 0 aromatic carbocycles. The third-order valence-electron chi connectivity index (χ3n) is 4.88. The molecule has 1 saturated carbocycles. The normalized spacial score (nSPS) is 25.7. The molecule has 0 saturated heterocycles. The Morgan fingerprint density at radius 1 is 1.42 bits per heavy atom. The van der Waals surface area contributed by atoms with E-state index in [-0.39, 0.29) is 6.04 Å². The molecule has 4 heteroatoms. The Hall–Kier alpha value is -0.870. The summed E-state index contributed by atoms with van der Waals surface area (Å²) in [4.78, 5) is 6.70. The minimum atomic E-state index is 0.288. The summed E-state index contributed by atoms with van der Waals surface area (Å²) in [6, 6.07) is 0.960. The SMILES string of the molecule is CCC1CCC(N(C)C(CN)c2cncn2C)CC1. The molecular formula is C15H28N4. The van der Waals surface area contributed by atoms with Gasteiger partial charge in [-0.05, 0) is 38.6 Å². The first kappa shape index (κ1) is 14.5. The number of hydrogen-bond donors (Lipinski definition) is 1. The molecular weight excluding hydrogens is 236 g/mol. The molecule has 0 radical (unpaired) electrons. The number of hydrogen-bond acceptors (Lipinski definition) is 3. The number of nitrogens with two attached hydrogens (primary N) is 1. The van der Waals surface area contributed by atoms with Gasteiger partial charge in [-0.1, -0.05) is 13.3 Å².